The molecule has 1 heterocycles. The molecule has 5 heteroatoms. The molecule has 0 amide bonds. The molecule has 0 aliphatic carbocycles. The zero-order valence-electron chi connectivity index (χ0n) is 11.9. The lowest BCUT2D eigenvalue weighted by Crippen LogP contribution is -2.04. The van der Waals surface area contributed by atoms with Gasteiger partial charge in [-0.1, -0.05) is 0 Å². The quantitative estimate of drug-likeness (QED) is 0.920. The van der Waals surface area contributed by atoms with Gasteiger partial charge >= 0.3 is 0 Å². The lowest BCUT2D eigenvalue weighted by molar-refractivity contribution is 0.212. The number of furan rings is 1. The first kappa shape index (κ1) is 14.9. The van der Waals surface area contributed by atoms with Crippen molar-refractivity contribution in [2.24, 2.45) is 0 Å². The number of hydrogen-bond acceptors (Lipinski definition) is 4. The summed E-state index contributed by atoms with van der Waals surface area (Å²) in [6, 6.07) is 5.40. The zero-order chi connectivity index (χ0) is 14.9. The molecule has 1 unspecified atom stereocenters. The van der Waals surface area contributed by atoms with E-state index in [1.165, 1.54) is 0 Å². The van der Waals surface area contributed by atoms with Gasteiger partial charge in [-0.25, -0.2) is 0 Å². The molecule has 2 rings (SSSR count). The number of rotatable bonds is 4. The Labute approximate surface area is 126 Å². The normalized spacial score (nSPS) is 12.3. The van der Waals surface area contributed by atoms with Crippen LogP contribution < -0.4 is 9.47 Å². The van der Waals surface area contributed by atoms with Crippen molar-refractivity contribution in [2.75, 3.05) is 14.2 Å². The van der Waals surface area contributed by atoms with E-state index in [0.29, 0.717) is 27.3 Å². The van der Waals surface area contributed by atoms with Crippen LogP contribution in [0.1, 0.15) is 28.8 Å². The van der Waals surface area contributed by atoms with Gasteiger partial charge in [0.1, 0.15) is 33.6 Å². The van der Waals surface area contributed by atoms with E-state index in [-0.39, 0.29) is 0 Å². The fraction of sp³-hybridized carbons (Fsp3) is 0.333. The second kappa shape index (κ2) is 5.89. The highest BCUT2D eigenvalue weighted by Crippen LogP contribution is 2.41. The van der Waals surface area contributed by atoms with Crippen LogP contribution in [0.5, 0.6) is 11.5 Å². The van der Waals surface area contributed by atoms with Crippen LogP contribution >= 0.6 is 15.9 Å². The third-order valence-corrected chi connectivity index (χ3v) is 3.94. The van der Waals surface area contributed by atoms with E-state index < -0.39 is 6.10 Å². The first-order valence-corrected chi connectivity index (χ1v) is 6.94. The van der Waals surface area contributed by atoms with Crippen LogP contribution in [0.25, 0.3) is 0 Å². The number of ether oxygens (including phenoxy) is 2. The lowest BCUT2D eigenvalue weighted by atomic mass is 10.0. The van der Waals surface area contributed by atoms with Gasteiger partial charge in [0.2, 0.25) is 0 Å². The van der Waals surface area contributed by atoms with Gasteiger partial charge in [0.25, 0.3) is 0 Å². The smallest absolute Gasteiger partial charge is 0.142 e. The third-order valence-electron chi connectivity index (χ3n) is 3.18. The molecule has 1 aromatic heterocycles. The van der Waals surface area contributed by atoms with Crippen LogP contribution in [-0.2, 0) is 0 Å². The summed E-state index contributed by atoms with van der Waals surface area (Å²) in [6.45, 7) is 3.68. The van der Waals surface area contributed by atoms with Gasteiger partial charge in [0.05, 0.1) is 14.2 Å². The molecule has 0 fully saturated rings. The summed E-state index contributed by atoms with van der Waals surface area (Å²) in [5, 5.41) is 10.6. The largest absolute Gasteiger partial charge is 0.495 e. The predicted octanol–water partition coefficient (Wildman–Crippen LogP) is 3.76. The summed E-state index contributed by atoms with van der Waals surface area (Å²) >= 11 is 3.43. The number of aryl methyl sites for hydroxylation is 2. The van der Waals surface area contributed by atoms with Gasteiger partial charge in [-0.2, -0.15) is 0 Å². The molecular weight excluding hydrogens is 324 g/mol. The molecule has 2 aromatic rings. The molecule has 0 radical (unpaired) electrons. The second-order valence-electron chi connectivity index (χ2n) is 4.48. The maximum Gasteiger partial charge on any atom is 0.142 e. The summed E-state index contributed by atoms with van der Waals surface area (Å²) in [5.41, 5.74) is 1.39. The Morgan fingerprint density at radius 3 is 2.35 bits per heavy atom. The molecule has 1 N–H and O–H groups in total. The van der Waals surface area contributed by atoms with Crippen molar-refractivity contribution in [3.63, 3.8) is 0 Å². The van der Waals surface area contributed by atoms with Crippen molar-refractivity contribution in [3.8, 4) is 11.5 Å². The fourth-order valence-electron chi connectivity index (χ4n) is 2.22. The van der Waals surface area contributed by atoms with Gasteiger partial charge in [-0.3, -0.25) is 0 Å². The number of aliphatic hydroxyl groups excluding tert-OH is 1. The Morgan fingerprint density at radius 2 is 1.85 bits per heavy atom. The maximum atomic E-state index is 10.6. The first-order chi connectivity index (χ1) is 9.49. The zero-order valence-corrected chi connectivity index (χ0v) is 13.4. The van der Waals surface area contributed by atoms with Gasteiger partial charge < -0.3 is 19.0 Å². The molecule has 1 atom stereocenters. The van der Waals surface area contributed by atoms with Crippen molar-refractivity contribution >= 4 is 15.9 Å². The van der Waals surface area contributed by atoms with E-state index in [1.54, 1.807) is 26.4 Å². The highest BCUT2D eigenvalue weighted by Gasteiger charge is 2.23. The van der Waals surface area contributed by atoms with Crippen LogP contribution in [0.4, 0.5) is 0 Å². The summed E-state index contributed by atoms with van der Waals surface area (Å²) in [6.07, 6.45) is -0.815. The summed E-state index contributed by atoms with van der Waals surface area (Å²) in [7, 11) is 3.14. The van der Waals surface area contributed by atoms with E-state index in [9.17, 15) is 5.11 Å². The monoisotopic (exact) mass is 340 g/mol. The van der Waals surface area contributed by atoms with E-state index >= 15 is 0 Å². The maximum absolute atomic E-state index is 10.6. The van der Waals surface area contributed by atoms with Crippen LogP contribution in [0.15, 0.2) is 27.1 Å². The third kappa shape index (κ3) is 2.55. The fourth-order valence-corrected chi connectivity index (χ4v) is 2.91. The molecular formula is C15H17BrO4. The van der Waals surface area contributed by atoms with E-state index in [1.807, 2.05) is 19.9 Å². The molecule has 0 saturated carbocycles. The van der Waals surface area contributed by atoms with Gasteiger partial charge in [-0.05, 0) is 48.0 Å². The molecule has 0 spiro atoms. The Balaban J connectivity index is 2.52. The predicted molar refractivity (Wildman–Crippen MR) is 79.5 cm³/mol. The van der Waals surface area contributed by atoms with E-state index in [0.717, 1.165) is 11.3 Å². The number of benzene rings is 1. The standard InChI is InChI=1S/C15H17BrO4/c1-8-7-11(9(2)20-8)14(17)10-5-6-12(18-3)13(16)15(10)19-4/h5-7,14,17H,1-4H3. The van der Waals surface area contributed by atoms with Gasteiger partial charge in [0.15, 0.2) is 0 Å². The SMILES string of the molecule is COc1ccc(C(O)c2cc(C)oc2C)c(OC)c1Br. The Bertz CT molecular complexity index is 619. The first-order valence-electron chi connectivity index (χ1n) is 6.15. The minimum atomic E-state index is -0.815. The Morgan fingerprint density at radius 1 is 1.15 bits per heavy atom. The summed E-state index contributed by atoms with van der Waals surface area (Å²) < 4.78 is 16.8. The summed E-state index contributed by atoms with van der Waals surface area (Å²) in [4.78, 5) is 0. The molecule has 0 bridgehead atoms. The Hall–Kier alpha value is -1.46. The number of halogens is 1. The molecule has 0 saturated heterocycles. The van der Waals surface area contributed by atoms with E-state index in [2.05, 4.69) is 15.9 Å². The average molecular weight is 341 g/mol. The molecule has 0 aliphatic rings. The number of methoxy groups -OCH3 is 2. The molecule has 108 valence electrons. The van der Waals surface area contributed by atoms with Crippen LogP contribution in [0.2, 0.25) is 0 Å². The second-order valence-corrected chi connectivity index (χ2v) is 5.27. The lowest BCUT2D eigenvalue weighted by Gasteiger charge is -2.17. The topological polar surface area (TPSA) is 51.8 Å². The number of hydrogen-bond donors (Lipinski definition) is 1. The average Bonchev–Trinajstić information content (AvgIpc) is 2.76. The van der Waals surface area contributed by atoms with Crippen molar-refractivity contribution < 1.29 is 19.0 Å². The highest BCUT2D eigenvalue weighted by atomic mass is 79.9. The molecule has 20 heavy (non-hydrogen) atoms. The minimum absolute atomic E-state index is 0.551. The molecule has 4 nitrogen and oxygen atoms in total. The number of aliphatic hydroxyl groups is 1. The summed E-state index contributed by atoms with van der Waals surface area (Å²) in [5.74, 6) is 2.67. The highest BCUT2D eigenvalue weighted by molar-refractivity contribution is 9.10. The van der Waals surface area contributed by atoms with Gasteiger partial charge in [-0.15, -0.1) is 0 Å². The van der Waals surface area contributed by atoms with Crippen molar-refractivity contribution in [2.45, 2.75) is 20.0 Å². The van der Waals surface area contributed by atoms with Crippen LogP contribution in [0.3, 0.4) is 0 Å². The van der Waals surface area contributed by atoms with Gasteiger partial charge in [0, 0.05) is 11.1 Å². The van der Waals surface area contributed by atoms with Crippen LogP contribution in [0, 0.1) is 13.8 Å². The molecule has 0 aliphatic heterocycles. The minimum Gasteiger partial charge on any atom is -0.495 e. The van der Waals surface area contributed by atoms with Crippen molar-refractivity contribution in [3.05, 3.63) is 45.3 Å². The molecule has 1 aromatic carbocycles. The van der Waals surface area contributed by atoms with Crippen LogP contribution in [-0.4, -0.2) is 19.3 Å². The van der Waals surface area contributed by atoms with Crippen molar-refractivity contribution in [1.82, 2.24) is 0 Å². The van der Waals surface area contributed by atoms with E-state index in [4.69, 9.17) is 13.9 Å². The van der Waals surface area contributed by atoms with Crippen molar-refractivity contribution in [1.29, 1.82) is 0 Å². The Kier molecular flexibility index (Phi) is 4.40.